The van der Waals surface area contributed by atoms with Crippen molar-refractivity contribution < 1.29 is 4.79 Å². The third kappa shape index (κ3) is 3.09. The van der Waals surface area contributed by atoms with Crippen molar-refractivity contribution in [1.29, 1.82) is 0 Å². The highest BCUT2D eigenvalue weighted by atomic mass is 35.5. The lowest BCUT2D eigenvalue weighted by atomic mass is 10.1. The van der Waals surface area contributed by atoms with Gasteiger partial charge in [0.15, 0.2) is 0 Å². The molecule has 24 heavy (non-hydrogen) atoms. The van der Waals surface area contributed by atoms with E-state index in [-0.39, 0.29) is 6.42 Å². The van der Waals surface area contributed by atoms with Crippen molar-refractivity contribution in [3.8, 4) is 11.3 Å². The molecule has 0 aliphatic rings. The minimum Gasteiger partial charge on any atom is -0.369 e. The van der Waals surface area contributed by atoms with Gasteiger partial charge in [0.05, 0.1) is 17.8 Å². The number of nitrogens with two attached hydrogens (primary N) is 1. The van der Waals surface area contributed by atoms with Gasteiger partial charge in [-0.1, -0.05) is 18.2 Å². The fraction of sp³-hybridized carbons (Fsp3) is 0.118. The third-order valence-corrected chi connectivity index (χ3v) is 3.98. The van der Waals surface area contributed by atoms with Gasteiger partial charge >= 0.3 is 0 Å². The quantitative estimate of drug-likeness (QED) is 0.724. The average molecular weight is 342 g/mol. The summed E-state index contributed by atoms with van der Waals surface area (Å²) in [5.41, 5.74) is 8.97. The van der Waals surface area contributed by atoms with Crippen molar-refractivity contribution in [2.45, 2.75) is 6.42 Å². The molecule has 1 amide bonds. The second kappa shape index (κ2) is 6.72. The van der Waals surface area contributed by atoms with E-state index in [1.807, 2.05) is 42.5 Å². The summed E-state index contributed by atoms with van der Waals surface area (Å²) >= 11 is 6.60. The first-order chi connectivity index (χ1) is 11.6. The van der Waals surface area contributed by atoms with Crippen molar-refractivity contribution in [2.24, 2.45) is 12.8 Å². The van der Waals surface area contributed by atoms with E-state index in [4.69, 9.17) is 17.5 Å². The van der Waals surface area contributed by atoms with Gasteiger partial charge in [0, 0.05) is 36.8 Å². The zero-order valence-corrected chi connectivity index (χ0v) is 13.8. The molecule has 0 aliphatic carbocycles. The molecule has 122 valence electrons. The fourth-order valence-electron chi connectivity index (χ4n) is 2.51. The van der Waals surface area contributed by atoms with Gasteiger partial charge in [-0.05, 0) is 24.3 Å². The molecule has 0 aliphatic heterocycles. The number of halogens is 1. The summed E-state index contributed by atoms with van der Waals surface area (Å²) in [5.74, 6) is -0.446. The molecule has 6 nitrogen and oxygen atoms in total. The number of hydrogen-bond acceptors (Lipinski definition) is 4. The van der Waals surface area contributed by atoms with E-state index in [0.29, 0.717) is 17.1 Å². The van der Waals surface area contributed by atoms with Crippen LogP contribution in [0.2, 0.25) is 0 Å². The van der Waals surface area contributed by atoms with Gasteiger partial charge in [0.25, 0.3) is 0 Å². The number of pyridine rings is 1. The monoisotopic (exact) mass is 341 g/mol. The van der Waals surface area contributed by atoms with Crippen molar-refractivity contribution in [3.63, 3.8) is 0 Å². The van der Waals surface area contributed by atoms with Gasteiger partial charge in [-0.2, -0.15) is 5.10 Å². The first-order valence-electron chi connectivity index (χ1n) is 7.33. The van der Waals surface area contributed by atoms with Crippen LogP contribution in [-0.2, 0) is 18.3 Å². The number of benzene rings is 1. The van der Waals surface area contributed by atoms with Crippen molar-refractivity contribution >= 4 is 29.1 Å². The number of primary amides is 1. The predicted octanol–water partition coefficient (Wildman–Crippen LogP) is 2.80. The molecule has 0 radical (unpaired) electrons. The summed E-state index contributed by atoms with van der Waals surface area (Å²) in [4.78, 5) is 15.5. The topological polar surface area (TPSA) is 77.0 Å². The highest BCUT2D eigenvalue weighted by molar-refractivity contribution is 6.30. The number of rotatable bonds is 5. The molecular formula is C17H16ClN5O. The highest BCUT2D eigenvalue weighted by Crippen LogP contribution is 2.38. The van der Waals surface area contributed by atoms with Gasteiger partial charge in [-0.15, -0.1) is 0 Å². The lowest BCUT2D eigenvalue weighted by Crippen LogP contribution is -2.17. The molecule has 0 saturated carbocycles. The Bertz CT molecular complexity index is 848. The molecule has 0 spiro atoms. The van der Waals surface area contributed by atoms with Crippen LogP contribution >= 0.6 is 11.8 Å². The summed E-state index contributed by atoms with van der Waals surface area (Å²) in [6.45, 7) is 0. The second-order valence-electron chi connectivity index (χ2n) is 5.26. The number of nitrogens with zero attached hydrogens (tertiary/aromatic N) is 4. The van der Waals surface area contributed by atoms with E-state index in [1.165, 1.54) is 4.42 Å². The van der Waals surface area contributed by atoms with Crippen LogP contribution in [0.1, 0.15) is 5.69 Å². The maximum absolute atomic E-state index is 11.5. The van der Waals surface area contributed by atoms with E-state index >= 15 is 0 Å². The van der Waals surface area contributed by atoms with Gasteiger partial charge in [-0.25, -0.2) is 4.42 Å². The Morgan fingerprint density at radius 2 is 1.88 bits per heavy atom. The summed E-state index contributed by atoms with van der Waals surface area (Å²) in [7, 11) is 1.77. The first-order valence-corrected chi connectivity index (χ1v) is 7.67. The van der Waals surface area contributed by atoms with Gasteiger partial charge in [-0.3, -0.25) is 14.5 Å². The Hall–Kier alpha value is -2.86. The number of para-hydroxylation sites is 1. The maximum Gasteiger partial charge on any atom is 0.223 e. The molecule has 3 aromatic rings. The minimum absolute atomic E-state index is 0.0416. The van der Waals surface area contributed by atoms with Gasteiger partial charge in [0.1, 0.15) is 11.4 Å². The Labute approximate surface area is 144 Å². The van der Waals surface area contributed by atoms with Crippen molar-refractivity contribution in [1.82, 2.24) is 14.8 Å². The molecule has 0 saturated heterocycles. The van der Waals surface area contributed by atoms with Crippen LogP contribution in [0.3, 0.4) is 0 Å². The van der Waals surface area contributed by atoms with Gasteiger partial charge in [0.2, 0.25) is 5.91 Å². The molecule has 2 aromatic heterocycles. The van der Waals surface area contributed by atoms with E-state index in [1.54, 1.807) is 24.1 Å². The van der Waals surface area contributed by atoms with Crippen LogP contribution in [0.15, 0.2) is 54.9 Å². The second-order valence-corrected chi connectivity index (χ2v) is 5.60. The zero-order valence-electron chi connectivity index (χ0n) is 13.1. The number of carbonyl (C=O) groups is 1. The first kappa shape index (κ1) is 16.0. The van der Waals surface area contributed by atoms with E-state index in [9.17, 15) is 4.79 Å². The van der Waals surface area contributed by atoms with Crippen LogP contribution in [0.25, 0.3) is 11.3 Å². The molecule has 0 unspecified atom stereocenters. The number of hydrogen-bond donors (Lipinski definition) is 1. The smallest absolute Gasteiger partial charge is 0.223 e. The normalized spacial score (nSPS) is 10.6. The molecule has 1 aromatic carbocycles. The predicted molar refractivity (Wildman–Crippen MR) is 93.8 cm³/mol. The Morgan fingerprint density at radius 1 is 1.21 bits per heavy atom. The Morgan fingerprint density at radius 3 is 2.50 bits per heavy atom. The average Bonchev–Trinajstić information content (AvgIpc) is 2.92. The lowest BCUT2D eigenvalue weighted by Gasteiger charge is -2.18. The number of amides is 1. The zero-order chi connectivity index (χ0) is 17.1. The van der Waals surface area contributed by atoms with Crippen LogP contribution in [0, 0.1) is 0 Å². The standard InChI is InChI=1S/C17H16ClN5O/c1-22-14(11-15(19)24)17(23(18)13-5-3-2-4-6-13)16(21-22)12-7-9-20-10-8-12/h2-10H,11H2,1H3,(H2,19,24). The van der Waals surface area contributed by atoms with Crippen LogP contribution in [-0.4, -0.2) is 20.7 Å². The number of aromatic nitrogens is 3. The molecule has 3 rings (SSSR count). The Kier molecular flexibility index (Phi) is 4.48. The fourth-order valence-corrected chi connectivity index (χ4v) is 2.80. The molecule has 2 heterocycles. The lowest BCUT2D eigenvalue weighted by molar-refractivity contribution is -0.117. The van der Waals surface area contributed by atoms with Crippen LogP contribution in [0.4, 0.5) is 11.4 Å². The molecule has 2 N–H and O–H groups in total. The maximum atomic E-state index is 11.5. The molecule has 0 fully saturated rings. The van der Waals surface area contributed by atoms with E-state index < -0.39 is 5.91 Å². The van der Waals surface area contributed by atoms with E-state index in [2.05, 4.69) is 10.1 Å². The number of aryl methyl sites for hydroxylation is 1. The number of carbonyl (C=O) groups excluding carboxylic acids is 1. The summed E-state index contributed by atoms with van der Waals surface area (Å²) in [5, 5.41) is 4.54. The molecule has 0 atom stereocenters. The van der Waals surface area contributed by atoms with Crippen LogP contribution < -0.4 is 10.2 Å². The number of anilines is 2. The summed E-state index contributed by atoms with van der Waals surface area (Å²) in [6, 6.07) is 13.1. The minimum atomic E-state index is -0.446. The Balaban J connectivity index is 2.18. The third-order valence-electron chi connectivity index (χ3n) is 3.61. The highest BCUT2D eigenvalue weighted by Gasteiger charge is 2.24. The molecular weight excluding hydrogens is 326 g/mol. The van der Waals surface area contributed by atoms with Gasteiger partial charge < -0.3 is 5.73 Å². The molecule has 7 heteroatoms. The molecule has 0 bridgehead atoms. The summed E-state index contributed by atoms with van der Waals surface area (Å²) < 4.78 is 3.13. The summed E-state index contributed by atoms with van der Waals surface area (Å²) in [6.07, 6.45) is 3.41. The van der Waals surface area contributed by atoms with E-state index in [0.717, 1.165) is 11.3 Å². The van der Waals surface area contributed by atoms with Crippen LogP contribution in [0.5, 0.6) is 0 Å². The van der Waals surface area contributed by atoms with Crippen molar-refractivity contribution in [2.75, 3.05) is 4.42 Å². The SMILES string of the molecule is Cn1nc(-c2ccncc2)c(N(Cl)c2ccccc2)c1CC(N)=O. The largest absolute Gasteiger partial charge is 0.369 e. The van der Waals surface area contributed by atoms with Crippen molar-refractivity contribution in [3.05, 3.63) is 60.6 Å².